The molecule has 0 radical (unpaired) electrons. The molecule has 2 N–H and O–H groups in total. The molecule has 3 aromatic heterocycles. The largest absolute Gasteiger partial charge is 0.443 e. The van der Waals surface area contributed by atoms with Crippen molar-refractivity contribution in [3.63, 3.8) is 0 Å². The number of carbonyl (C=O) groups is 1. The third kappa shape index (κ3) is 4.29. The summed E-state index contributed by atoms with van der Waals surface area (Å²) < 4.78 is 9.29. The van der Waals surface area contributed by atoms with Crippen LogP contribution >= 0.6 is 0 Å². The van der Waals surface area contributed by atoms with Gasteiger partial charge in [-0.25, -0.2) is 14.8 Å². The smallest absolute Gasteiger partial charge is 0.415 e. The van der Waals surface area contributed by atoms with Crippen LogP contribution in [0, 0.1) is 0 Å². The lowest BCUT2D eigenvalue weighted by Gasteiger charge is -2.24. The quantitative estimate of drug-likeness (QED) is 0.482. The first-order chi connectivity index (χ1) is 15.6. The van der Waals surface area contributed by atoms with Gasteiger partial charge in [-0.2, -0.15) is 0 Å². The fraction of sp³-hybridized carbons (Fsp3) is 0.375. The van der Waals surface area contributed by atoms with Crippen molar-refractivity contribution in [1.29, 1.82) is 0 Å². The fourth-order valence-electron chi connectivity index (χ4n) is 3.85. The summed E-state index contributed by atoms with van der Waals surface area (Å²) in [4.78, 5) is 23.5. The van der Waals surface area contributed by atoms with Crippen LogP contribution in [0.3, 0.4) is 0 Å². The summed E-state index contributed by atoms with van der Waals surface area (Å²) in [6.07, 6.45) is 0.164. The molecule has 9 heteroatoms. The highest BCUT2D eigenvalue weighted by Gasteiger charge is 2.27. The number of hydrogen-bond donors (Lipinski definition) is 2. The number of benzene rings is 1. The van der Waals surface area contributed by atoms with Crippen LogP contribution in [0.4, 0.5) is 10.6 Å². The molecule has 3 heterocycles. The van der Waals surface area contributed by atoms with E-state index in [1.807, 2.05) is 52.6 Å². The summed E-state index contributed by atoms with van der Waals surface area (Å²) in [5.74, 6) is 0.352. The van der Waals surface area contributed by atoms with E-state index in [0.29, 0.717) is 17.0 Å². The lowest BCUT2D eigenvalue weighted by molar-refractivity contribution is 0.0588. The fourth-order valence-corrected chi connectivity index (χ4v) is 3.85. The van der Waals surface area contributed by atoms with Crippen molar-refractivity contribution >= 4 is 34.0 Å². The maximum atomic E-state index is 12.8. The van der Waals surface area contributed by atoms with E-state index >= 15 is 0 Å². The van der Waals surface area contributed by atoms with Crippen LogP contribution in [0.25, 0.3) is 33.3 Å². The van der Waals surface area contributed by atoms with Gasteiger partial charge in [-0.15, -0.1) is 0 Å². The number of rotatable bonds is 5. The number of amides is 1. The number of imidazole rings is 1. The van der Waals surface area contributed by atoms with Crippen LogP contribution in [0.2, 0.25) is 0 Å². The number of carbonyl (C=O) groups excluding carboxylic acids is 1. The van der Waals surface area contributed by atoms with E-state index in [9.17, 15) is 15.0 Å². The molecule has 0 spiro atoms. The molecule has 0 fully saturated rings. The normalized spacial score (nSPS) is 12.9. The number of aromatic nitrogens is 4. The van der Waals surface area contributed by atoms with Crippen molar-refractivity contribution in [2.45, 2.75) is 39.0 Å². The van der Waals surface area contributed by atoms with Crippen LogP contribution in [0.15, 0.2) is 42.7 Å². The van der Waals surface area contributed by atoms with Gasteiger partial charge in [-0.05, 0) is 32.4 Å². The Bertz CT molecular complexity index is 1300. The van der Waals surface area contributed by atoms with E-state index in [4.69, 9.17) is 9.72 Å². The summed E-state index contributed by atoms with van der Waals surface area (Å²) >= 11 is 0. The molecular weight excluding hydrogens is 422 g/mol. The van der Waals surface area contributed by atoms with E-state index < -0.39 is 17.8 Å². The first kappa shape index (κ1) is 22.8. The maximum Gasteiger partial charge on any atom is 0.415 e. The number of ether oxygens (including phenoxy) is 1. The van der Waals surface area contributed by atoms with Crippen molar-refractivity contribution in [2.24, 2.45) is 7.05 Å². The third-order valence-electron chi connectivity index (χ3n) is 5.34. The topological polar surface area (TPSA) is 106 Å². The number of fused-ring (bicyclic) bond motifs is 3. The molecule has 0 bridgehead atoms. The Labute approximate surface area is 191 Å². The van der Waals surface area contributed by atoms with E-state index in [2.05, 4.69) is 4.98 Å². The Kier molecular flexibility index (Phi) is 5.85. The van der Waals surface area contributed by atoms with Crippen molar-refractivity contribution in [3.05, 3.63) is 42.7 Å². The van der Waals surface area contributed by atoms with Gasteiger partial charge in [-0.1, -0.05) is 30.3 Å². The zero-order valence-corrected chi connectivity index (χ0v) is 19.5. The third-order valence-corrected chi connectivity index (χ3v) is 5.34. The van der Waals surface area contributed by atoms with Crippen molar-refractivity contribution in [3.8, 4) is 11.3 Å². The van der Waals surface area contributed by atoms with E-state index in [-0.39, 0.29) is 13.2 Å². The van der Waals surface area contributed by atoms with Gasteiger partial charge in [0.05, 0.1) is 36.8 Å². The second-order valence-electron chi connectivity index (χ2n) is 9.11. The highest BCUT2D eigenvalue weighted by atomic mass is 16.6. The van der Waals surface area contributed by atoms with Crippen molar-refractivity contribution < 1.29 is 19.7 Å². The first-order valence-corrected chi connectivity index (χ1v) is 10.8. The molecule has 0 aliphatic heterocycles. The summed E-state index contributed by atoms with van der Waals surface area (Å²) in [7, 11) is 3.48. The SMILES string of the molecule is CN(C(=O)OC(C)(C)C)c1nc2c(cc(-c3ccccc3)n2CC(O)CO)c2c1ncn2C. The summed E-state index contributed by atoms with van der Waals surface area (Å²) in [5, 5.41) is 20.6. The zero-order valence-electron chi connectivity index (χ0n) is 19.5. The molecule has 1 aromatic carbocycles. The summed E-state index contributed by atoms with van der Waals surface area (Å²) in [6, 6.07) is 11.8. The molecule has 0 aliphatic rings. The van der Waals surface area contributed by atoms with Gasteiger partial charge in [0, 0.05) is 19.5 Å². The van der Waals surface area contributed by atoms with Gasteiger partial charge >= 0.3 is 6.09 Å². The number of nitrogens with zero attached hydrogens (tertiary/aromatic N) is 5. The number of anilines is 1. The van der Waals surface area contributed by atoms with Crippen molar-refractivity contribution in [1.82, 2.24) is 19.1 Å². The number of pyridine rings is 1. The minimum atomic E-state index is -0.973. The van der Waals surface area contributed by atoms with Crippen molar-refractivity contribution in [2.75, 3.05) is 18.6 Å². The highest BCUT2D eigenvalue weighted by molar-refractivity contribution is 6.10. The number of aliphatic hydroxyl groups is 2. The second-order valence-corrected chi connectivity index (χ2v) is 9.11. The number of aryl methyl sites for hydroxylation is 1. The van der Waals surface area contributed by atoms with Crippen LogP contribution < -0.4 is 4.90 Å². The monoisotopic (exact) mass is 451 g/mol. The van der Waals surface area contributed by atoms with Crippen LogP contribution in [0.5, 0.6) is 0 Å². The lowest BCUT2D eigenvalue weighted by Crippen LogP contribution is -2.34. The average Bonchev–Trinajstić information content (AvgIpc) is 3.32. The zero-order chi connectivity index (χ0) is 23.9. The Morgan fingerprint density at radius 1 is 1.24 bits per heavy atom. The molecule has 1 amide bonds. The van der Waals surface area contributed by atoms with E-state index in [0.717, 1.165) is 22.2 Å². The van der Waals surface area contributed by atoms with Crippen LogP contribution in [-0.4, -0.2) is 60.8 Å². The highest BCUT2D eigenvalue weighted by Crippen LogP contribution is 2.35. The second kappa shape index (κ2) is 8.49. The molecule has 4 aromatic rings. The molecular formula is C24H29N5O4. The molecule has 1 unspecified atom stereocenters. The molecule has 4 rings (SSSR count). The standard InChI is InChI=1S/C24H29N5O4/c1-24(2,3)33-23(32)28(5)22-19-20(27(4)14-25-19)17-11-18(15-9-7-6-8-10-15)29(21(17)26-22)12-16(31)13-30/h6-11,14,16,30-31H,12-13H2,1-5H3. The van der Waals surface area contributed by atoms with Gasteiger partial charge in [0.1, 0.15) is 16.8 Å². The minimum Gasteiger partial charge on any atom is -0.443 e. The predicted octanol–water partition coefficient (Wildman–Crippen LogP) is 3.31. The Morgan fingerprint density at radius 2 is 1.94 bits per heavy atom. The van der Waals surface area contributed by atoms with Gasteiger partial charge in [0.15, 0.2) is 5.82 Å². The summed E-state index contributed by atoms with van der Waals surface area (Å²) in [5.41, 5.74) is 3.06. The molecule has 0 saturated carbocycles. The Balaban J connectivity index is 1.99. The van der Waals surface area contributed by atoms with Gasteiger partial charge in [-0.3, -0.25) is 4.90 Å². The predicted molar refractivity (Wildman–Crippen MR) is 127 cm³/mol. The maximum absolute atomic E-state index is 12.8. The number of hydrogen-bond acceptors (Lipinski definition) is 6. The average molecular weight is 452 g/mol. The molecule has 174 valence electrons. The first-order valence-electron chi connectivity index (χ1n) is 10.8. The van der Waals surface area contributed by atoms with Gasteiger partial charge in [0.25, 0.3) is 0 Å². The molecule has 33 heavy (non-hydrogen) atoms. The van der Waals surface area contributed by atoms with Gasteiger partial charge in [0.2, 0.25) is 0 Å². The summed E-state index contributed by atoms with van der Waals surface area (Å²) in [6.45, 7) is 5.17. The molecule has 0 saturated heterocycles. The van der Waals surface area contributed by atoms with Crippen LogP contribution in [0.1, 0.15) is 20.8 Å². The molecule has 1 atom stereocenters. The minimum absolute atomic E-state index is 0.135. The molecule has 0 aliphatic carbocycles. The number of aliphatic hydroxyl groups excluding tert-OH is 2. The Morgan fingerprint density at radius 3 is 2.58 bits per heavy atom. The lowest BCUT2D eigenvalue weighted by atomic mass is 10.1. The van der Waals surface area contributed by atoms with E-state index in [1.54, 1.807) is 34.1 Å². The van der Waals surface area contributed by atoms with Crippen LogP contribution in [-0.2, 0) is 18.3 Å². The molecule has 9 nitrogen and oxygen atoms in total. The Hall–Kier alpha value is -3.43. The van der Waals surface area contributed by atoms with Gasteiger partial charge < -0.3 is 24.1 Å². The van der Waals surface area contributed by atoms with E-state index in [1.165, 1.54) is 4.90 Å².